The summed E-state index contributed by atoms with van der Waals surface area (Å²) >= 11 is 0. The zero-order valence-electron chi connectivity index (χ0n) is 28.6. The van der Waals surface area contributed by atoms with Gasteiger partial charge in [-0.2, -0.15) is 0 Å². The van der Waals surface area contributed by atoms with Gasteiger partial charge in [-0.05, 0) is 55.9 Å². The van der Waals surface area contributed by atoms with E-state index in [1.54, 1.807) is 0 Å². The molecule has 0 aromatic heterocycles. The van der Waals surface area contributed by atoms with E-state index >= 15 is 0 Å². The zero-order valence-corrected chi connectivity index (χ0v) is 31.7. The molecule has 6 rings (SSSR count). The maximum atomic E-state index is 8.89. The van der Waals surface area contributed by atoms with Crippen molar-refractivity contribution < 1.29 is 60.6 Å². The second-order valence-electron chi connectivity index (χ2n) is 11.5. The molecule has 0 saturated carbocycles. The molecule has 0 amide bonds. The quantitative estimate of drug-likeness (QED) is 0.117. The number of carbonyl (C=O) groups is 2. The molecule has 256 valence electrons. The number of nitrogens with zero attached hydrogens (tertiary/aromatic N) is 2. The Bertz CT molecular complexity index is 1790. The number of fused-ring (bicyclic) bond motifs is 6. The Morgan fingerprint density at radius 1 is 0.500 bits per heavy atom. The van der Waals surface area contributed by atoms with Crippen LogP contribution in [0.4, 0.5) is 0 Å². The van der Waals surface area contributed by atoms with Crippen LogP contribution in [0.2, 0.25) is 0 Å². The van der Waals surface area contributed by atoms with Crippen LogP contribution in [0.3, 0.4) is 0 Å². The van der Waals surface area contributed by atoms with E-state index in [9.17, 15) is 0 Å². The van der Waals surface area contributed by atoms with E-state index in [-0.39, 0.29) is 40.8 Å². The molecule has 0 aliphatic heterocycles. The van der Waals surface area contributed by atoms with Crippen LogP contribution in [-0.2, 0) is 50.4 Å². The third-order valence-electron chi connectivity index (χ3n) is 7.79. The van der Waals surface area contributed by atoms with Crippen LogP contribution in [0.1, 0.15) is 50.9 Å². The second kappa shape index (κ2) is 20.1. The summed E-state index contributed by atoms with van der Waals surface area (Å²) in [5, 5.41) is 28.0. The Hall–Kier alpha value is -3.46. The number of hydrogen-bond acceptors (Lipinski definition) is 6. The van der Waals surface area contributed by atoms with Gasteiger partial charge in [-0.3, -0.25) is 0 Å². The normalized spacial score (nSPS) is 11.5. The third-order valence-corrected chi connectivity index (χ3v) is 7.79. The van der Waals surface area contributed by atoms with Crippen molar-refractivity contribution in [1.82, 2.24) is 9.80 Å². The first-order valence-corrected chi connectivity index (χ1v) is 15.2. The van der Waals surface area contributed by atoms with Gasteiger partial charge in [0.25, 0.3) is 0 Å². The summed E-state index contributed by atoms with van der Waals surface area (Å²) in [6, 6.07) is 42.2. The summed E-state index contributed by atoms with van der Waals surface area (Å²) in [6.07, 6.45) is 0. The van der Waals surface area contributed by atoms with E-state index < -0.39 is 11.9 Å². The maximum absolute atomic E-state index is 8.89. The van der Waals surface area contributed by atoms with Crippen molar-refractivity contribution in [2.75, 3.05) is 28.2 Å². The van der Waals surface area contributed by atoms with Gasteiger partial charge in [0.2, 0.25) is 0 Å². The minimum Gasteiger partial charge on any atom is -0.550 e. The van der Waals surface area contributed by atoms with Crippen molar-refractivity contribution in [1.29, 1.82) is 0 Å². The Kier molecular flexibility index (Phi) is 17.9. The molecule has 6 nitrogen and oxygen atoms in total. The molecular weight excluding hydrogens is 785 g/mol. The van der Waals surface area contributed by atoms with Gasteiger partial charge in [-0.1, -0.05) is 94.3 Å². The fourth-order valence-corrected chi connectivity index (χ4v) is 5.16. The van der Waals surface area contributed by atoms with Crippen LogP contribution < -0.4 is 10.2 Å². The summed E-state index contributed by atoms with van der Waals surface area (Å²) in [7, 11) is 8.45. The predicted molar refractivity (Wildman–Crippen MR) is 186 cm³/mol. The molecule has 0 bridgehead atoms. The number of carboxylic acid groups (broad SMARTS) is 2. The topological polar surface area (TPSA) is 86.7 Å². The average Bonchev–Trinajstić information content (AvgIpc) is 3.03. The first-order valence-electron chi connectivity index (χ1n) is 15.2. The van der Waals surface area contributed by atoms with Crippen molar-refractivity contribution in [2.45, 2.75) is 39.8 Å². The van der Waals surface area contributed by atoms with Crippen molar-refractivity contribution in [3.63, 3.8) is 0 Å². The maximum Gasteiger partial charge on any atom is 2.00 e. The minimum atomic E-state index is -1.08. The predicted octanol–water partition coefficient (Wildman–Crippen LogP) is 6.34. The van der Waals surface area contributed by atoms with Crippen LogP contribution in [0.5, 0.6) is 0 Å². The van der Waals surface area contributed by atoms with Gasteiger partial charge in [0, 0.05) is 24.0 Å². The van der Waals surface area contributed by atoms with E-state index in [0.717, 1.165) is 13.8 Å². The molecule has 0 saturated heterocycles. The van der Waals surface area contributed by atoms with Crippen molar-refractivity contribution in [2.24, 2.45) is 0 Å². The molecule has 0 fully saturated rings. The van der Waals surface area contributed by atoms with Crippen LogP contribution in [0, 0.1) is 12.1 Å². The number of hydrogen-bond donors (Lipinski definition) is 0. The van der Waals surface area contributed by atoms with Crippen LogP contribution in [-0.4, -0.2) is 49.9 Å². The SMILES string of the molecule is CC(=O)[O-].CC(=O)[O-].C[C@@H](c1[c-]c2ccccc2c2ccccc12)N(C)C.C[C@@H](c1[c-]c2ccccc2c2ccccc12)N(C)C.[Pd+2].[Pd+2]. The first-order chi connectivity index (χ1) is 21.8. The Morgan fingerprint density at radius 3 is 1.00 bits per heavy atom. The molecule has 0 radical (unpaired) electrons. The molecule has 0 N–H and O–H groups in total. The number of aliphatic carboxylic acids is 2. The average molecular weight is 828 g/mol. The molecule has 0 aliphatic carbocycles. The molecule has 8 heteroatoms. The molecule has 0 unspecified atom stereocenters. The summed E-state index contributed by atoms with van der Waals surface area (Å²) in [5.41, 5.74) is 2.55. The monoisotopic (exact) mass is 826 g/mol. The number of benzene rings is 6. The fourth-order valence-electron chi connectivity index (χ4n) is 5.16. The molecular formula is C40H42N2O4Pd2. The summed E-state index contributed by atoms with van der Waals surface area (Å²) in [5.74, 6) is -2.17. The molecule has 6 aromatic carbocycles. The summed E-state index contributed by atoms with van der Waals surface area (Å²) in [4.78, 5) is 22.2. The van der Waals surface area contributed by atoms with Crippen molar-refractivity contribution in [3.8, 4) is 0 Å². The standard InChI is InChI=1S/2C18H18N.2C2H4O2.2Pd/c2*1-13(19(2)3)18-12-14-8-4-5-9-15(14)16-10-6-7-11-17(16)18;2*1-2(3)4;;/h2*4-11,13H,1-3H3;2*1H3,(H,3,4);;/q2*-1;;;2*+2/p-2/t2*13-;;;;/m00..../s1. The van der Waals surface area contributed by atoms with Crippen molar-refractivity contribution in [3.05, 3.63) is 120 Å². The minimum absolute atomic E-state index is 0. The van der Waals surface area contributed by atoms with Crippen molar-refractivity contribution >= 4 is 55.0 Å². The molecule has 0 aliphatic rings. The van der Waals surface area contributed by atoms with Gasteiger partial charge in [0.1, 0.15) is 0 Å². The Morgan fingerprint density at radius 2 is 0.729 bits per heavy atom. The van der Waals surface area contributed by atoms with E-state index in [1.165, 1.54) is 54.2 Å². The fraction of sp³-hybridized carbons (Fsp3) is 0.250. The van der Waals surface area contributed by atoms with Gasteiger partial charge in [0.15, 0.2) is 0 Å². The van der Waals surface area contributed by atoms with Crippen LogP contribution in [0.15, 0.2) is 97.1 Å². The van der Waals surface area contributed by atoms with E-state index in [1.807, 2.05) is 0 Å². The third kappa shape index (κ3) is 11.3. The summed E-state index contributed by atoms with van der Waals surface area (Å²) < 4.78 is 0. The first kappa shape index (κ1) is 42.6. The van der Waals surface area contributed by atoms with Gasteiger partial charge >= 0.3 is 40.8 Å². The van der Waals surface area contributed by atoms with E-state index in [0.29, 0.717) is 12.1 Å². The summed E-state index contributed by atoms with van der Waals surface area (Å²) in [6.45, 7) is 6.40. The molecule has 0 heterocycles. The second-order valence-corrected chi connectivity index (χ2v) is 11.5. The molecule has 2 atom stereocenters. The Labute approximate surface area is 312 Å². The van der Waals surface area contributed by atoms with E-state index in [2.05, 4.69) is 161 Å². The number of rotatable bonds is 4. The molecule has 6 aromatic rings. The van der Waals surface area contributed by atoms with Gasteiger partial charge < -0.3 is 29.6 Å². The largest absolute Gasteiger partial charge is 2.00 e. The smallest absolute Gasteiger partial charge is 0.550 e. The Balaban J connectivity index is 0.000000380. The van der Waals surface area contributed by atoms with Gasteiger partial charge in [0.05, 0.1) is 0 Å². The van der Waals surface area contributed by atoms with Gasteiger partial charge in [-0.25, -0.2) is 0 Å². The van der Waals surface area contributed by atoms with Gasteiger partial charge in [-0.15, -0.1) is 69.1 Å². The van der Waals surface area contributed by atoms with Crippen LogP contribution >= 0.6 is 0 Å². The zero-order chi connectivity index (χ0) is 34.0. The molecule has 48 heavy (non-hydrogen) atoms. The van der Waals surface area contributed by atoms with E-state index in [4.69, 9.17) is 19.8 Å². The molecule has 0 spiro atoms. The van der Waals surface area contributed by atoms with Crippen LogP contribution in [0.25, 0.3) is 43.1 Å². The number of carbonyl (C=O) groups excluding carboxylic acids is 2. The number of carboxylic acids is 2.